The van der Waals surface area contributed by atoms with Gasteiger partial charge in [-0.25, -0.2) is 9.78 Å². The summed E-state index contributed by atoms with van der Waals surface area (Å²) in [5.41, 5.74) is 0. The van der Waals surface area contributed by atoms with Crippen LogP contribution in [0.2, 0.25) is 10.2 Å². The summed E-state index contributed by atoms with van der Waals surface area (Å²) >= 11 is 14.4. The highest BCUT2D eigenvalue weighted by Gasteiger charge is 2.19. The van der Waals surface area contributed by atoms with Crippen LogP contribution < -0.4 is 0 Å². The minimum Gasteiger partial charge on any atom is -0.465 e. The van der Waals surface area contributed by atoms with Crippen molar-refractivity contribution in [2.24, 2.45) is 0 Å². The molecule has 84 valence electrons. The largest absolute Gasteiger partial charge is 0.465 e. The van der Waals surface area contributed by atoms with Gasteiger partial charge in [0.25, 0.3) is 0 Å². The monoisotopic (exact) mass is 293 g/mol. The van der Waals surface area contributed by atoms with Crippen molar-refractivity contribution in [3.63, 3.8) is 0 Å². The van der Waals surface area contributed by atoms with Crippen LogP contribution in [0.1, 0.15) is 9.67 Å². The zero-order valence-corrected chi connectivity index (χ0v) is 11.1. The number of thiazole rings is 1. The van der Waals surface area contributed by atoms with Gasteiger partial charge in [-0.2, -0.15) is 0 Å². The van der Waals surface area contributed by atoms with E-state index >= 15 is 0 Å². The molecule has 16 heavy (non-hydrogen) atoms. The van der Waals surface area contributed by atoms with Gasteiger partial charge < -0.3 is 4.74 Å². The SMILES string of the molecule is COC(=O)c1sc(-c2sccc2Cl)nc1Cl. The van der Waals surface area contributed by atoms with Crippen molar-refractivity contribution in [2.75, 3.05) is 7.11 Å². The molecule has 0 amide bonds. The van der Waals surface area contributed by atoms with Crippen molar-refractivity contribution in [1.29, 1.82) is 0 Å². The average molecular weight is 294 g/mol. The summed E-state index contributed by atoms with van der Waals surface area (Å²) in [4.78, 5) is 16.5. The van der Waals surface area contributed by atoms with Gasteiger partial charge in [-0.15, -0.1) is 22.7 Å². The van der Waals surface area contributed by atoms with E-state index in [1.54, 1.807) is 6.07 Å². The van der Waals surface area contributed by atoms with Crippen molar-refractivity contribution >= 4 is 51.8 Å². The summed E-state index contributed by atoms with van der Waals surface area (Å²) in [6, 6.07) is 1.77. The Morgan fingerprint density at radius 3 is 2.81 bits per heavy atom. The third-order valence-electron chi connectivity index (χ3n) is 1.77. The maximum absolute atomic E-state index is 11.3. The first-order chi connectivity index (χ1) is 7.63. The zero-order valence-electron chi connectivity index (χ0n) is 7.99. The topological polar surface area (TPSA) is 39.2 Å². The van der Waals surface area contributed by atoms with Crippen LogP contribution in [-0.2, 0) is 4.74 Å². The number of halogens is 2. The summed E-state index contributed by atoms with van der Waals surface area (Å²) in [5.74, 6) is -0.485. The number of carbonyl (C=O) groups is 1. The van der Waals surface area contributed by atoms with E-state index in [1.165, 1.54) is 29.8 Å². The number of rotatable bonds is 2. The van der Waals surface area contributed by atoms with E-state index in [1.807, 2.05) is 5.38 Å². The molecule has 0 spiro atoms. The van der Waals surface area contributed by atoms with Crippen LogP contribution in [0.4, 0.5) is 0 Å². The third-order valence-corrected chi connectivity index (χ3v) is 4.68. The van der Waals surface area contributed by atoms with Crippen LogP contribution in [-0.4, -0.2) is 18.1 Å². The van der Waals surface area contributed by atoms with Gasteiger partial charge in [-0.05, 0) is 11.4 Å². The molecule has 0 aliphatic carbocycles. The summed E-state index contributed by atoms with van der Waals surface area (Å²) in [5, 5.41) is 3.23. The van der Waals surface area contributed by atoms with Gasteiger partial charge in [0.1, 0.15) is 5.01 Å². The van der Waals surface area contributed by atoms with Crippen molar-refractivity contribution in [2.45, 2.75) is 0 Å². The maximum Gasteiger partial charge on any atom is 0.351 e. The lowest BCUT2D eigenvalue weighted by atomic mass is 10.5. The molecule has 0 fully saturated rings. The van der Waals surface area contributed by atoms with Crippen molar-refractivity contribution in [3.05, 3.63) is 26.5 Å². The fourth-order valence-electron chi connectivity index (χ4n) is 1.06. The lowest BCUT2D eigenvalue weighted by Gasteiger charge is -1.92. The Labute approximate surface area is 110 Å². The van der Waals surface area contributed by atoms with E-state index in [0.29, 0.717) is 14.9 Å². The number of thiophene rings is 1. The van der Waals surface area contributed by atoms with Crippen molar-refractivity contribution < 1.29 is 9.53 Å². The van der Waals surface area contributed by atoms with Gasteiger partial charge in [0, 0.05) is 0 Å². The van der Waals surface area contributed by atoms with Gasteiger partial charge in [-0.1, -0.05) is 23.2 Å². The Balaban J connectivity index is 2.46. The third kappa shape index (κ3) is 2.08. The second kappa shape index (κ2) is 4.71. The van der Waals surface area contributed by atoms with Crippen LogP contribution >= 0.6 is 45.9 Å². The molecule has 0 atom stereocenters. The fourth-order valence-corrected chi connectivity index (χ4v) is 3.57. The number of methoxy groups -OCH3 is 1. The van der Waals surface area contributed by atoms with Crippen LogP contribution in [0, 0.1) is 0 Å². The second-order valence-electron chi connectivity index (χ2n) is 2.73. The summed E-state index contributed by atoms with van der Waals surface area (Å²) < 4.78 is 4.60. The first kappa shape index (κ1) is 11.9. The van der Waals surface area contributed by atoms with Crippen molar-refractivity contribution in [1.82, 2.24) is 4.98 Å². The molecule has 2 aromatic rings. The Morgan fingerprint density at radius 1 is 1.50 bits per heavy atom. The molecule has 2 rings (SSSR count). The van der Waals surface area contributed by atoms with Gasteiger partial charge in [-0.3, -0.25) is 0 Å². The normalized spacial score (nSPS) is 10.4. The first-order valence-electron chi connectivity index (χ1n) is 4.11. The highest BCUT2D eigenvalue weighted by molar-refractivity contribution is 7.22. The van der Waals surface area contributed by atoms with Crippen LogP contribution in [0.5, 0.6) is 0 Å². The van der Waals surface area contributed by atoms with Crippen LogP contribution in [0.15, 0.2) is 11.4 Å². The smallest absolute Gasteiger partial charge is 0.351 e. The predicted octanol–water partition coefficient (Wildman–Crippen LogP) is 3.97. The minimum absolute atomic E-state index is 0.149. The van der Waals surface area contributed by atoms with Crippen molar-refractivity contribution in [3.8, 4) is 9.88 Å². The molecule has 0 bridgehead atoms. The first-order valence-corrected chi connectivity index (χ1v) is 6.56. The van der Waals surface area contributed by atoms with E-state index in [-0.39, 0.29) is 5.15 Å². The fraction of sp³-hybridized carbons (Fsp3) is 0.111. The summed E-state index contributed by atoms with van der Waals surface area (Å²) in [6.07, 6.45) is 0. The van der Waals surface area contributed by atoms with E-state index in [2.05, 4.69) is 9.72 Å². The van der Waals surface area contributed by atoms with Crippen LogP contribution in [0.3, 0.4) is 0 Å². The number of ether oxygens (including phenoxy) is 1. The molecular weight excluding hydrogens is 289 g/mol. The highest BCUT2D eigenvalue weighted by atomic mass is 35.5. The van der Waals surface area contributed by atoms with Crippen LogP contribution in [0.25, 0.3) is 9.88 Å². The number of esters is 1. The summed E-state index contributed by atoms with van der Waals surface area (Å²) in [6.45, 7) is 0. The number of aromatic nitrogens is 1. The number of hydrogen-bond acceptors (Lipinski definition) is 5. The molecular formula is C9H5Cl2NO2S2. The molecule has 7 heteroatoms. The number of nitrogens with zero attached hydrogens (tertiary/aromatic N) is 1. The van der Waals surface area contributed by atoms with E-state index < -0.39 is 5.97 Å². The lowest BCUT2D eigenvalue weighted by molar-refractivity contribution is 0.0606. The molecule has 0 saturated heterocycles. The Bertz CT molecular complexity index is 535. The molecule has 0 aliphatic heterocycles. The highest BCUT2D eigenvalue weighted by Crippen LogP contribution is 2.38. The molecule has 0 aliphatic rings. The molecule has 0 unspecified atom stereocenters. The Kier molecular flexibility index (Phi) is 3.49. The number of carbonyl (C=O) groups excluding carboxylic acids is 1. The standard InChI is InChI=1S/C9H5Cl2NO2S2/c1-14-9(13)6-7(11)12-8(16-6)5-4(10)2-3-15-5/h2-3H,1H3. The molecule has 0 radical (unpaired) electrons. The van der Waals surface area contributed by atoms with Gasteiger partial charge in [0.05, 0.1) is 17.0 Å². The quantitative estimate of drug-likeness (QED) is 0.787. The molecule has 0 saturated carbocycles. The lowest BCUT2D eigenvalue weighted by Crippen LogP contribution is -1.98. The Hall–Kier alpha value is -0.620. The Morgan fingerprint density at radius 2 is 2.25 bits per heavy atom. The molecule has 0 N–H and O–H groups in total. The second-order valence-corrected chi connectivity index (χ2v) is 5.41. The summed E-state index contributed by atoms with van der Waals surface area (Å²) in [7, 11) is 1.30. The van der Waals surface area contributed by atoms with E-state index in [4.69, 9.17) is 23.2 Å². The molecule has 2 heterocycles. The minimum atomic E-state index is -0.485. The molecule has 2 aromatic heterocycles. The average Bonchev–Trinajstić information content (AvgIpc) is 2.83. The molecule has 3 nitrogen and oxygen atoms in total. The number of hydrogen-bond donors (Lipinski definition) is 0. The zero-order chi connectivity index (χ0) is 11.7. The van der Waals surface area contributed by atoms with E-state index in [0.717, 1.165) is 4.88 Å². The van der Waals surface area contributed by atoms with E-state index in [9.17, 15) is 4.79 Å². The maximum atomic E-state index is 11.3. The van der Waals surface area contributed by atoms with Gasteiger partial charge in [0.2, 0.25) is 0 Å². The van der Waals surface area contributed by atoms with Gasteiger partial charge >= 0.3 is 5.97 Å². The predicted molar refractivity (Wildman–Crippen MR) is 66.8 cm³/mol. The molecule has 0 aromatic carbocycles. The van der Waals surface area contributed by atoms with Gasteiger partial charge in [0.15, 0.2) is 10.0 Å².